The molecule has 0 aliphatic rings. The highest BCUT2D eigenvalue weighted by atomic mass is 35.5. The topological polar surface area (TPSA) is 92.9 Å². The molecule has 4 aromatic rings. The molecule has 0 aliphatic carbocycles. The first-order valence-corrected chi connectivity index (χ1v) is 10.5. The Morgan fingerprint density at radius 2 is 2.00 bits per heavy atom. The number of aromatic nitrogens is 4. The Hall–Kier alpha value is -3.16. The number of rotatable bonds is 8. The van der Waals surface area contributed by atoms with Gasteiger partial charge < -0.3 is 20.4 Å². The van der Waals surface area contributed by atoms with Gasteiger partial charge in [0.05, 0.1) is 17.8 Å². The minimum absolute atomic E-state index is 0.231. The maximum absolute atomic E-state index is 6.15. The molecule has 0 radical (unpaired) electrons. The maximum Gasteiger partial charge on any atom is 0.220 e. The second-order valence-electron chi connectivity index (χ2n) is 7.66. The van der Waals surface area contributed by atoms with Crippen molar-refractivity contribution in [2.45, 2.75) is 12.8 Å². The molecule has 3 N–H and O–H groups in total. The number of hydrogen-bond donors (Lipinski definition) is 2. The van der Waals surface area contributed by atoms with E-state index in [1.54, 1.807) is 6.20 Å². The lowest BCUT2D eigenvalue weighted by Crippen LogP contribution is -2.15. The fraction of sp³-hybridized carbons (Fsp3) is 0.261. The van der Waals surface area contributed by atoms with Crippen LogP contribution >= 0.6 is 11.6 Å². The Labute approximate surface area is 186 Å². The minimum Gasteiger partial charge on any atom is -0.491 e. The summed E-state index contributed by atoms with van der Waals surface area (Å²) in [5.41, 5.74) is 10.2. The van der Waals surface area contributed by atoms with Crippen molar-refractivity contribution in [3.05, 3.63) is 65.1 Å². The number of nitrogens with two attached hydrogens (primary N) is 1. The highest BCUT2D eigenvalue weighted by Gasteiger charge is 2.14. The predicted octanol–water partition coefficient (Wildman–Crippen LogP) is 4.18. The van der Waals surface area contributed by atoms with E-state index in [1.807, 2.05) is 42.5 Å². The van der Waals surface area contributed by atoms with Gasteiger partial charge in [0.1, 0.15) is 17.1 Å². The Bertz CT molecular complexity index is 1190. The van der Waals surface area contributed by atoms with Crippen molar-refractivity contribution < 1.29 is 4.74 Å². The first-order chi connectivity index (χ1) is 15.0. The Morgan fingerprint density at radius 3 is 2.77 bits per heavy atom. The zero-order valence-corrected chi connectivity index (χ0v) is 18.4. The van der Waals surface area contributed by atoms with Gasteiger partial charge >= 0.3 is 0 Å². The summed E-state index contributed by atoms with van der Waals surface area (Å²) in [5.74, 6) is 1.82. The molecule has 0 saturated carbocycles. The number of halogens is 1. The number of anilines is 1. The SMILES string of the molecule is CN(C)CCCOc1cc(-c2ccnc(N)n2)cc2nc(Cc3cccc(Cl)c3)[nH]c12. The number of imidazole rings is 1. The third-order valence-corrected chi connectivity index (χ3v) is 5.08. The number of ether oxygens (including phenoxy) is 1. The van der Waals surface area contributed by atoms with Gasteiger partial charge in [-0.25, -0.2) is 15.0 Å². The molecular formula is C23H25ClN6O. The largest absolute Gasteiger partial charge is 0.491 e. The summed E-state index contributed by atoms with van der Waals surface area (Å²) in [6.45, 7) is 1.56. The van der Waals surface area contributed by atoms with Gasteiger partial charge in [0, 0.05) is 29.7 Å². The number of fused-ring (bicyclic) bond motifs is 1. The molecule has 0 amide bonds. The molecule has 0 fully saturated rings. The smallest absolute Gasteiger partial charge is 0.220 e. The highest BCUT2D eigenvalue weighted by Crippen LogP contribution is 2.31. The lowest BCUT2D eigenvalue weighted by Gasteiger charge is -2.12. The molecule has 7 nitrogen and oxygen atoms in total. The third-order valence-electron chi connectivity index (χ3n) is 4.84. The first-order valence-electron chi connectivity index (χ1n) is 10.1. The lowest BCUT2D eigenvalue weighted by atomic mass is 10.1. The van der Waals surface area contributed by atoms with Crippen molar-refractivity contribution in [1.29, 1.82) is 0 Å². The van der Waals surface area contributed by atoms with Gasteiger partial charge in [-0.15, -0.1) is 0 Å². The van der Waals surface area contributed by atoms with Gasteiger partial charge in [-0.05, 0) is 56.4 Å². The number of aromatic amines is 1. The number of nitrogen functional groups attached to an aromatic ring is 1. The standard InChI is InChI=1S/C23H25ClN6O/c1-30(2)9-4-10-31-20-14-16(18-7-8-26-23(25)28-18)13-19-22(20)29-21(27-19)12-15-5-3-6-17(24)11-15/h3,5-8,11,13-14H,4,9-10,12H2,1-2H3,(H,27,29)(H2,25,26,28). The molecule has 31 heavy (non-hydrogen) atoms. The summed E-state index contributed by atoms with van der Waals surface area (Å²) < 4.78 is 6.15. The maximum atomic E-state index is 6.15. The molecule has 2 aromatic carbocycles. The van der Waals surface area contributed by atoms with Crippen LogP contribution < -0.4 is 10.5 Å². The van der Waals surface area contributed by atoms with Crippen LogP contribution in [0.1, 0.15) is 17.8 Å². The third kappa shape index (κ3) is 5.31. The zero-order chi connectivity index (χ0) is 21.8. The van der Waals surface area contributed by atoms with Crippen LogP contribution in [0.5, 0.6) is 5.75 Å². The second kappa shape index (κ2) is 9.32. The van der Waals surface area contributed by atoms with Gasteiger partial charge in [-0.3, -0.25) is 0 Å². The van der Waals surface area contributed by atoms with Gasteiger partial charge in [0.15, 0.2) is 0 Å². The van der Waals surface area contributed by atoms with E-state index in [4.69, 9.17) is 27.1 Å². The average Bonchev–Trinajstić information content (AvgIpc) is 3.13. The summed E-state index contributed by atoms with van der Waals surface area (Å²) in [7, 11) is 4.10. The second-order valence-corrected chi connectivity index (χ2v) is 8.10. The normalized spacial score (nSPS) is 11.4. The molecule has 0 saturated heterocycles. The quantitative estimate of drug-likeness (QED) is 0.402. The average molecular weight is 437 g/mol. The van der Waals surface area contributed by atoms with Crippen LogP contribution in [0.15, 0.2) is 48.7 Å². The fourth-order valence-corrected chi connectivity index (χ4v) is 3.63. The number of H-pyrrole nitrogens is 1. The molecule has 0 bridgehead atoms. The van der Waals surface area contributed by atoms with E-state index in [2.05, 4.69) is 33.9 Å². The van der Waals surface area contributed by atoms with E-state index in [1.165, 1.54) is 0 Å². The molecule has 0 aliphatic heterocycles. The van der Waals surface area contributed by atoms with Crippen LogP contribution in [0.25, 0.3) is 22.3 Å². The summed E-state index contributed by atoms with van der Waals surface area (Å²) in [5, 5.41) is 0.710. The molecule has 8 heteroatoms. The molecule has 4 rings (SSSR count). The Kier molecular flexibility index (Phi) is 6.34. The van der Waals surface area contributed by atoms with Crippen LogP contribution in [0.2, 0.25) is 5.02 Å². The van der Waals surface area contributed by atoms with E-state index in [9.17, 15) is 0 Å². The zero-order valence-electron chi connectivity index (χ0n) is 17.6. The highest BCUT2D eigenvalue weighted by molar-refractivity contribution is 6.30. The Balaban J connectivity index is 1.69. The minimum atomic E-state index is 0.231. The van der Waals surface area contributed by atoms with Crippen molar-refractivity contribution in [2.24, 2.45) is 0 Å². The van der Waals surface area contributed by atoms with Crippen molar-refractivity contribution in [3.63, 3.8) is 0 Å². The van der Waals surface area contributed by atoms with E-state index < -0.39 is 0 Å². The molecule has 0 atom stereocenters. The van der Waals surface area contributed by atoms with Crippen molar-refractivity contribution in [1.82, 2.24) is 24.8 Å². The van der Waals surface area contributed by atoms with Gasteiger partial charge in [0.2, 0.25) is 5.95 Å². The number of nitrogens with zero attached hydrogens (tertiary/aromatic N) is 4. The van der Waals surface area contributed by atoms with E-state index in [0.717, 1.165) is 52.4 Å². The summed E-state index contributed by atoms with van der Waals surface area (Å²) in [6, 6.07) is 13.6. The number of benzene rings is 2. The van der Waals surface area contributed by atoms with E-state index in [-0.39, 0.29) is 5.95 Å². The lowest BCUT2D eigenvalue weighted by molar-refractivity contribution is 0.284. The van der Waals surface area contributed by atoms with Crippen molar-refractivity contribution in [2.75, 3.05) is 33.0 Å². The number of hydrogen-bond acceptors (Lipinski definition) is 6. The summed E-state index contributed by atoms with van der Waals surface area (Å²) >= 11 is 6.13. The molecular weight excluding hydrogens is 412 g/mol. The summed E-state index contributed by atoms with van der Waals surface area (Å²) in [4.78, 5) is 18.7. The van der Waals surface area contributed by atoms with Crippen molar-refractivity contribution in [3.8, 4) is 17.0 Å². The van der Waals surface area contributed by atoms with Crippen molar-refractivity contribution >= 4 is 28.6 Å². The van der Waals surface area contributed by atoms with Crippen LogP contribution in [-0.4, -0.2) is 52.1 Å². The van der Waals surface area contributed by atoms with Crippen LogP contribution in [-0.2, 0) is 6.42 Å². The molecule has 160 valence electrons. The van der Waals surface area contributed by atoms with Crippen LogP contribution in [0.3, 0.4) is 0 Å². The first kappa shape index (κ1) is 21.1. The van der Waals surface area contributed by atoms with Crippen LogP contribution in [0.4, 0.5) is 5.95 Å². The van der Waals surface area contributed by atoms with Gasteiger partial charge in [-0.1, -0.05) is 23.7 Å². The Morgan fingerprint density at radius 1 is 1.13 bits per heavy atom. The van der Waals surface area contributed by atoms with Gasteiger partial charge in [-0.2, -0.15) is 0 Å². The molecule has 0 spiro atoms. The predicted molar refractivity (Wildman–Crippen MR) is 124 cm³/mol. The van der Waals surface area contributed by atoms with E-state index >= 15 is 0 Å². The van der Waals surface area contributed by atoms with Crippen LogP contribution in [0, 0.1) is 0 Å². The summed E-state index contributed by atoms with van der Waals surface area (Å²) in [6.07, 6.45) is 3.21. The monoisotopic (exact) mass is 436 g/mol. The molecule has 2 heterocycles. The van der Waals surface area contributed by atoms with Gasteiger partial charge in [0.25, 0.3) is 0 Å². The fourth-order valence-electron chi connectivity index (χ4n) is 3.42. The number of nitrogens with one attached hydrogen (secondary N) is 1. The molecule has 0 unspecified atom stereocenters. The van der Waals surface area contributed by atoms with E-state index in [0.29, 0.717) is 18.1 Å². The molecule has 2 aromatic heterocycles.